The highest BCUT2D eigenvalue weighted by atomic mass is 32.1. The van der Waals surface area contributed by atoms with Crippen LogP contribution in [0.2, 0.25) is 0 Å². The van der Waals surface area contributed by atoms with Crippen LogP contribution in [0.25, 0.3) is 10.2 Å². The van der Waals surface area contributed by atoms with Crippen LogP contribution in [0.4, 0.5) is 5.13 Å². The fraction of sp³-hybridized carbons (Fsp3) is 0.176. The molecule has 1 amide bonds. The summed E-state index contributed by atoms with van der Waals surface area (Å²) in [6, 6.07) is 11.9. The van der Waals surface area contributed by atoms with E-state index in [9.17, 15) is 4.79 Å². The zero-order chi connectivity index (χ0) is 16.5. The van der Waals surface area contributed by atoms with Gasteiger partial charge in [-0.05, 0) is 30.5 Å². The molecule has 0 fully saturated rings. The molecule has 7 heteroatoms. The lowest BCUT2D eigenvalue weighted by Gasteiger charge is -2.08. The number of benzene rings is 1. The molecule has 5 nitrogen and oxygen atoms in total. The minimum Gasteiger partial charge on any atom is -0.291 e. The molecule has 0 spiro atoms. The van der Waals surface area contributed by atoms with Gasteiger partial charge in [0.2, 0.25) is 5.13 Å². The van der Waals surface area contributed by atoms with Gasteiger partial charge in [0.15, 0.2) is 0 Å². The van der Waals surface area contributed by atoms with Gasteiger partial charge in [0.1, 0.15) is 5.92 Å². The lowest BCUT2D eigenvalue weighted by molar-refractivity contribution is -0.118. The minimum absolute atomic E-state index is 0.0958. The van der Waals surface area contributed by atoms with Gasteiger partial charge in [-0.15, -0.1) is 11.3 Å². The van der Waals surface area contributed by atoms with Crippen molar-refractivity contribution in [1.29, 1.82) is 0 Å². The van der Waals surface area contributed by atoms with Crippen molar-refractivity contribution < 1.29 is 4.79 Å². The number of hydrazone groups is 1. The van der Waals surface area contributed by atoms with Gasteiger partial charge < -0.3 is 0 Å². The van der Waals surface area contributed by atoms with Gasteiger partial charge >= 0.3 is 0 Å². The molecule has 1 atom stereocenters. The number of fused-ring (bicyclic) bond motifs is 1. The maximum atomic E-state index is 12.7. The number of hydrogen-bond acceptors (Lipinski definition) is 6. The van der Waals surface area contributed by atoms with E-state index in [1.54, 1.807) is 17.6 Å². The zero-order valence-electron chi connectivity index (χ0n) is 12.9. The van der Waals surface area contributed by atoms with E-state index in [1.807, 2.05) is 48.7 Å². The second-order valence-electron chi connectivity index (χ2n) is 5.40. The number of thiophene rings is 1. The summed E-state index contributed by atoms with van der Waals surface area (Å²) in [5.41, 5.74) is 1.63. The first kappa shape index (κ1) is 15.2. The number of carbonyl (C=O) groups is 1. The summed E-state index contributed by atoms with van der Waals surface area (Å²) in [4.78, 5) is 22.8. The molecule has 0 unspecified atom stereocenters. The Morgan fingerprint density at radius 1 is 1.29 bits per heavy atom. The predicted molar refractivity (Wildman–Crippen MR) is 100 cm³/mol. The van der Waals surface area contributed by atoms with Gasteiger partial charge in [-0.3, -0.25) is 9.79 Å². The third-order valence-corrected chi connectivity index (χ3v) is 5.60. The van der Waals surface area contributed by atoms with E-state index in [-0.39, 0.29) is 5.91 Å². The predicted octanol–water partition coefficient (Wildman–Crippen LogP) is 3.97. The largest absolute Gasteiger partial charge is 0.291 e. The fourth-order valence-electron chi connectivity index (χ4n) is 2.49. The molecule has 4 rings (SSSR count). The number of aliphatic imine (C=N–C) groups is 1. The van der Waals surface area contributed by atoms with E-state index in [2.05, 4.69) is 15.1 Å². The number of para-hydroxylation sites is 1. The van der Waals surface area contributed by atoms with Crippen LogP contribution < -0.4 is 5.01 Å². The van der Waals surface area contributed by atoms with Crippen LogP contribution in [0.1, 0.15) is 11.8 Å². The van der Waals surface area contributed by atoms with Crippen LogP contribution >= 0.6 is 22.7 Å². The highest BCUT2D eigenvalue weighted by Crippen LogP contribution is 2.31. The van der Waals surface area contributed by atoms with Gasteiger partial charge in [-0.2, -0.15) is 10.1 Å². The summed E-state index contributed by atoms with van der Waals surface area (Å²) in [6.45, 7) is 2.45. The Hall–Kier alpha value is -2.38. The van der Waals surface area contributed by atoms with Crippen LogP contribution in [0.15, 0.2) is 51.9 Å². The molecule has 0 saturated heterocycles. The Morgan fingerprint density at radius 3 is 2.96 bits per heavy atom. The van der Waals surface area contributed by atoms with Crippen molar-refractivity contribution in [2.24, 2.45) is 16.0 Å². The maximum Gasteiger partial charge on any atom is 0.263 e. The first-order valence-electron chi connectivity index (χ1n) is 7.49. The van der Waals surface area contributed by atoms with Crippen LogP contribution in [0.3, 0.4) is 0 Å². The zero-order valence-corrected chi connectivity index (χ0v) is 14.5. The first-order valence-corrected chi connectivity index (χ1v) is 9.19. The molecular formula is C17H14N4OS2. The number of anilines is 1. The van der Waals surface area contributed by atoms with Crippen molar-refractivity contribution in [2.75, 3.05) is 5.01 Å². The number of aromatic nitrogens is 1. The Labute approximate surface area is 147 Å². The monoisotopic (exact) mass is 354 g/mol. The average molecular weight is 354 g/mol. The Kier molecular flexibility index (Phi) is 3.95. The standard InChI is InChI=1S/C17H14N4OS2/c1-11-13(10-18-9-12-5-4-8-23-12)16(22)21(20-11)17-19-14-6-2-3-7-15(14)24-17/h2-8,10,13H,9H2,1H3/t13-/m1/s1. The van der Waals surface area contributed by atoms with E-state index in [0.29, 0.717) is 11.7 Å². The second-order valence-corrected chi connectivity index (χ2v) is 7.44. The van der Waals surface area contributed by atoms with E-state index < -0.39 is 5.92 Å². The number of hydrogen-bond donors (Lipinski definition) is 0. The van der Waals surface area contributed by atoms with Gasteiger partial charge in [0, 0.05) is 11.1 Å². The fourth-order valence-corrected chi connectivity index (χ4v) is 4.05. The Bertz CT molecular complexity index is 910. The molecule has 120 valence electrons. The molecule has 0 saturated carbocycles. The number of amides is 1. The molecule has 0 aliphatic carbocycles. The van der Waals surface area contributed by atoms with Gasteiger partial charge in [-0.1, -0.05) is 29.5 Å². The summed E-state index contributed by atoms with van der Waals surface area (Å²) < 4.78 is 1.04. The van der Waals surface area contributed by atoms with Crippen molar-refractivity contribution in [3.8, 4) is 0 Å². The number of thiazole rings is 1. The molecule has 24 heavy (non-hydrogen) atoms. The second kappa shape index (κ2) is 6.26. The highest BCUT2D eigenvalue weighted by molar-refractivity contribution is 7.22. The topological polar surface area (TPSA) is 57.9 Å². The molecule has 1 aromatic carbocycles. The van der Waals surface area contributed by atoms with E-state index >= 15 is 0 Å². The van der Waals surface area contributed by atoms with Crippen LogP contribution in [0, 0.1) is 5.92 Å². The average Bonchev–Trinajstić information content (AvgIpc) is 3.29. The molecule has 3 heterocycles. The van der Waals surface area contributed by atoms with E-state index in [4.69, 9.17) is 0 Å². The van der Waals surface area contributed by atoms with Crippen LogP contribution in [0.5, 0.6) is 0 Å². The highest BCUT2D eigenvalue weighted by Gasteiger charge is 2.34. The number of rotatable bonds is 4. The third-order valence-electron chi connectivity index (χ3n) is 3.73. The molecule has 0 bridgehead atoms. The summed E-state index contributed by atoms with van der Waals surface area (Å²) in [5, 5.41) is 8.42. The molecule has 2 aromatic heterocycles. The van der Waals surface area contributed by atoms with Crippen LogP contribution in [-0.2, 0) is 11.3 Å². The molecule has 0 N–H and O–H groups in total. The van der Waals surface area contributed by atoms with Crippen molar-refractivity contribution >= 4 is 55.9 Å². The summed E-state index contributed by atoms with van der Waals surface area (Å²) in [5.74, 6) is -0.501. The quantitative estimate of drug-likeness (QED) is 0.666. The van der Waals surface area contributed by atoms with Crippen molar-refractivity contribution in [2.45, 2.75) is 13.5 Å². The molecule has 1 aliphatic rings. The number of carbonyl (C=O) groups excluding carboxylic acids is 1. The van der Waals surface area contributed by atoms with Crippen molar-refractivity contribution in [3.05, 3.63) is 46.7 Å². The summed E-state index contributed by atoms with van der Waals surface area (Å²) >= 11 is 3.13. The molecule has 0 radical (unpaired) electrons. The third kappa shape index (κ3) is 2.76. The first-order chi connectivity index (χ1) is 11.7. The molecule has 1 aliphatic heterocycles. The van der Waals surface area contributed by atoms with Crippen molar-refractivity contribution in [3.63, 3.8) is 0 Å². The lowest BCUT2D eigenvalue weighted by atomic mass is 10.1. The maximum absolute atomic E-state index is 12.7. The van der Waals surface area contributed by atoms with Crippen molar-refractivity contribution in [1.82, 2.24) is 4.98 Å². The minimum atomic E-state index is -0.406. The van der Waals surface area contributed by atoms with Gasteiger partial charge in [0.25, 0.3) is 5.91 Å². The van der Waals surface area contributed by atoms with Crippen LogP contribution in [-0.4, -0.2) is 22.8 Å². The van der Waals surface area contributed by atoms with Gasteiger partial charge in [0.05, 0.1) is 22.5 Å². The molecule has 3 aromatic rings. The van der Waals surface area contributed by atoms with Gasteiger partial charge in [-0.25, -0.2) is 4.98 Å². The smallest absolute Gasteiger partial charge is 0.263 e. The normalized spacial score (nSPS) is 18.0. The summed E-state index contributed by atoms with van der Waals surface area (Å²) in [7, 11) is 0. The summed E-state index contributed by atoms with van der Waals surface area (Å²) in [6.07, 6.45) is 1.70. The number of nitrogens with zero attached hydrogens (tertiary/aromatic N) is 4. The lowest BCUT2D eigenvalue weighted by Crippen LogP contribution is -2.27. The van der Waals surface area contributed by atoms with E-state index in [1.165, 1.54) is 21.2 Å². The SMILES string of the molecule is CC1=NN(c2nc3ccccc3s2)C(=O)[C@@H]1C=NCc1cccs1. The Balaban J connectivity index is 1.54. The molecular weight excluding hydrogens is 340 g/mol. The van der Waals surface area contributed by atoms with E-state index in [0.717, 1.165) is 15.9 Å². The Morgan fingerprint density at radius 2 is 2.17 bits per heavy atom.